The predicted octanol–water partition coefficient (Wildman–Crippen LogP) is 6.26. The molecule has 0 bridgehead atoms. The average molecular weight is 841 g/mol. The molecule has 0 unspecified atom stereocenters. The van der Waals surface area contributed by atoms with Crippen molar-refractivity contribution in [3.8, 4) is 0 Å². The lowest BCUT2D eigenvalue weighted by Crippen LogP contribution is -2.54. The Kier molecular flexibility index (Phi) is 21.1. The standard InChI is InChI=1S/C46H76N6O6S/c1-13-32(6)42(51(10)46(56)35(30(2)3)28-38(53)41(31(4)5)50(9)24-18-22-47-8)39(57-11)29-40(54)52-25-17-21-37(52)43(58-12)33(7)44(55)49-36(45-48-23-26-59-45)27-34-19-15-14-16-20-34/h14-16,19-20,23,26,30-33,35-37,39,41-43,47H,13,17-18,21-22,24-25,27-29H2,1-12H3,(H,49,55)/t32-,33+,35-,36-,37-,39+,41-,42-,43+/m0/s1. The van der Waals surface area contributed by atoms with Crippen molar-refractivity contribution in [3.63, 3.8) is 0 Å². The van der Waals surface area contributed by atoms with E-state index in [0.717, 1.165) is 42.9 Å². The van der Waals surface area contributed by atoms with Crippen molar-refractivity contribution in [2.75, 3.05) is 55.0 Å². The second-order valence-electron chi connectivity index (χ2n) is 17.4. The quantitative estimate of drug-likeness (QED) is 0.105. The number of benzene rings is 1. The first-order chi connectivity index (χ1) is 28.1. The number of ether oxygens (including phenoxy) is 2. The second-order valence-corrected chi connectivity index (χ2v) is 18.3. The maximum Gasteiger partial charge on any atom is 0.226 e. The van der Waals surface area contributed by atoms with Gasteiger partial charge in [0.1, 0.15) is 5.01 Å². The van der Waals surface area contributed by atoms with Gasteiger partial charge >= 0.3 is 0 Å². The fraction of sp³-hybridized carbons (Fsp3) is 0.717. The summed E-state index contributed by atoms with van der Waals surface area (Å²) in [6, 6.07) is 8.75. The SMILES string of the molecule is CC[C@H](C)[C@@H]([C@@H](CC(=O)N1CCC[C@H]1[C@H](OC)[C@@H](C)C(=O)N[C@@H](Cc1ccccc1)c1nccs1)OC)N(C)C(=O)[C@@H](CC(=O)[C@H](C(C)C)N(C)CCCNC)C(C)C. The first-order valence-corrected chi connectivity index (χ1v) is 22.7. The molecule has 332 valence electrons. The zero-order valence-corrected chi connectivity index (χ0v) is 38.9. The van der Waals surface area contributed by atoms with Gasteiger partial charge in [0, 0.05) is 51.7 Å². The minimum absolute atomic E-state index is 0.0124. The highest BCUT2D eigenvalue weighted by Gasteiger charge is 2.43. The van der Waals surface area contributed by atoms with Crippen molar-refractivity contribution in [1.29, 1.82) is 0 Å². The van der Waals surface area contributed by atoms with Crippen molar-refractivity contribution in [3.05, 3.63) is 52.5 Å². The van der Waals surface area contributed by atoms with Gasteiger partial charge in [0.15, 0.2) is 5.78 Å². The molecule has 9 atom stereocenters. The molecule has 1 aromatic carbocycles. The van der Waals surface area contributed by atoms with Crippen molar-refractivity contribution in [2.24, 2.45) is 29.6 Å². The van der Waals surface area contributed by atoms with Crippen LogP contribution in [0.4, 0.5) is 0 Å². The highest BCUT2D eigenvalue weighted by Crippen LogP contribution is 2.32. The summed E-state index contributed by atoms with van der Waals surface area (Å²) >= 11 is 1.51. The number of hydrogen-bond donors (Lipinski definition) is 2. The van der Waals surface area contributed by atoms with Gasteiger partial charge in [-0.3, -0.25) is 24.1 Å². The molecule has 2 heterocycles. The van der Waals surface area contributed by atoms with E-state index in [-0.39, 0.29) is 72.2 Å². The first kappa shape index (κ1) is 50.1. The number of nitrogens with zero attached hydrogens (tertiary/aromatic N) is 4. The van der Waals surface area contributed by atoms with Crippen LogP contribution in [0, 0.1) is 29.6 Å². The lowest BCUT2D eigenvalue weighted by Gasteiger charge is -2.41. The normalized spacial score (nSPS) is 18.6. The third-order valence-electron chi connectivity index (χ3n) is 12.5. The number of carbonyl (C=O) groups excluding carboxylic acids is 4. The summed E-state index contributed by atoms with van der Waals surface area (Å²) in [7, 11) is 8.94. The van der Waals surface area contributed by atoms with E-state index in [0.29, 0.717) is 19.4 Å². The fourth-order valence-electron chi connectivity index (χ4n) is 9.04. The molecule has 0 radical (unpaired) electrons. The van der Waals surface area contributed by atoms with Crippen LogP contribution in [0.25, 0.3) is 0 Å². The molecule has 13 heteroatoms. The Labute approximate surface area is 359 Å². The number of thiazole rings is 1. The number of likely N-dealkylation sites (N-methyl/N-ethyl adjacent to an activating group) is 2. The van der Waals surface area contributed by atoms with E-state index in [2.05, 4.69) is 48.2 Å². The minimum Gasteiger partial charge on any atom is -0.379 e. The third-order valence-corrected chi connectivity index (χ3v) is 13.4. The van der Waals surface area contributed by atoms with E-state index in [1.165, 1.54) is 11.3 Å². The second kappa shape index (κ2) is 24.9. The Morgan fingerprint density at radius 3 is 2.24 bits per heavy atom. The Morgan fingerprint density at radius 1 is 0.983 bits per heavy atom. The molecular weight excluding hydrogens is 765 g/mol. The van der Waals surface area contributed by atoms with Crippen LogP contribution >= 0.6 is 11.3 Å². The summed E-state index contributed by atoms with van der Waals surface area (Å²) in [4.78, 5) is 67.1. The summed E-state index contributed by atoms with van der Waals surface area (Å²) in [5.41, 5.74) is 1.10. The largest absolute Gasteiger partial charge is 0.379 e. The number of likely N-dealkylation sites (tertiary alicyclic amines) is 1. The molecule has 12 nitrogen and oxygen atoms in total. The third kappa shape index (κ3) is 13.9. The van der Waals surface area contributed by atoms with Crippen LogP contribution in [0.3, 0.4) is 0 Å². The lowest BCUT2D eigenvalue weighted by atomic mass is 9.83. The number of Topliss-reactive ketones (excluding diaryl/α,β-unsaturated/α-hetero) is 1. The molecular formula is C46H76N6O6S. The topological polar surface area (TPSA) is 133 Å². The fourth-order valence-corrected chi connectivity index (χ4v) is 9.73. The van der Waals surface area contributed by atoms with Crippen LogP contribution in [0.5, 0.6) is 0 Å². The number of amides is 3. The number of aromatic nitrogens is 1. The summed E-state index contributed by atoms with van der Waals surface area (Å²) in [6.07, 6.45) is 4.64. The van der Waals surface area contributed by atoms with Crippen molar-refractivity contribution in [1.82, 2.24) is 30.3 Å². The van der Waals surface area contributed by atoms with Crippen LogP contribution in [-0.4, -0.2) is 129 Å². The lowest BCUT2D eigenvalue weighted by molar-refractivity contribution is -0.149. The Balaban J connectivity index is 1.78. The van der Waals surface area contributed by atoms with Gasteiger partial charge < -0.3 is 29.9 Å². The molecule has 1 aliphatic heterocycles. The summed E-state index contributed by atoms with van der Waals surface area (Å²) in [6.45, 7) is 16.4. The van der Waals surface area contributed by atoms with Gasteiger partial charge in [-0.2, -0.15) is 0 Å². The van der Waals surface area contributed by atoms with Gasteiger partial charge in [0.2, 0.25) is 17.7 Å². The summed E-state index contributed by atoms with van der Waals surface area (Å²) in [5.74, 6) is -1.29. The highest BCUT2D eigenvalue weighted by molar-refractivity contribution is 7.09. The van der Waals surface area contributed by atoms with E-state index >= 15 is 0 Å². The predicted molar refractivity (Wildman–Crippen MR) is 237 cm³/mol. The van der Waals surface area contributed by atoms with Gasteiger partial charge in [-0.25, -0.2) is 4.98 Å². The molecule has 2 aromatic rings. The Morgan fingerprint density at radius 2 is 1.68 bits per heavy atom. The van der Waals surface area contributed by atoms with E-state index < -0.39 is 30.1 Å². The average Bonchev–Trinajstić information content (AvgIpc) is 3.93. The number of carbonyl (C=O) groups is 4. The number of methoxy groups -OCH3 is 2. The molecule has 0 spiro atoms. The van der Waals surface area contributed by atoms with Crippen LogP contribution < -0.4 is 10.6 Å². The maximum atomic E-state index is 14.5. The molecule has 0 saturated carbocycles. The van der Waals surface area contributed by atoms with E-state index in [4.69, 9.17) is 9.47 Å². The summed E-state index contributed by atoms with van der Waals surface area (Å²) in [5, 5.41) is 9.17. The smallest absolute Gasteiger partial charge is 0.226 e. The van der Waals surface area contributed by atoms with Gasteiger partial charge in [-0.15, -0.1) is 11.3 Å². The highest BCUT2D eigenvalue weighted by atomic mass is 32.1. The summed E-state index contributed by atoms with van der Waals surface area (Å²) < 4.78 is 12.2. The number of ketones is 1. The van der Waals surface area contributed by atoms with Crippen LogP contribution in [0.15, 0.2) is 41.9 Å². The van der Waals surface area contributed by atoms with Crippen molar-refractivity contribution in [2.45, 2.75) is 130 Å². The molecule has 0 aliphatic carbocycles. The zero-order valence-electron chi connectivity index (χ0n) is 38.1. The minimum atomic E-state index is -0.586. The Bertz CT molecular complexity index is 1560. The maximum absolute atomic E-state index is 14.5. The molecule has 1 fully saturated rings. The van der Waals surface area contributed by atoms with E-state index in [1.807, 2.05) is 75.5 Å². The first-order valence-electron chi connectivity index (χ1n) is 21.8. The number of hydrogen-bond acceptors (Lipinski definition) is 10. The molecule has 3 amide bonds. The van der Waals surface area contributed by atoms with E-state index in [9.17, 15) is 19.2 Å². The van der Waals surface area contributed by atoms with Crippen LogP contribution in [-0.2, 0) is 35.1 Å². The Hall–Kier alpha value is -3.23. The molecule has 1 saturated heterocycles. The van der Waals surface area contributed by atoms with Crippen molar-refractivity contribution < 1.29 is 28.7 Å². The van der Waals surface area contributed by atoms with Gasteiger partial charge in [0.05, 0.1) is 48.7 Å². The monoisotopic (exact) mass is 841 g/mol. The molecule has 1 aromatic heterocycles. The van der Waals surface area contributed by atoms with Gasteiger partial charge in [-0.1, -0.05) is 85.2 Å². The molecule has 1 aliphatic rings. The molecule has 59 heavy (non-hydrogen) atoms. The number of nitrogens with one attached hydrogen (secondary N) is 2. The van der Waals surface area contributed by atoms with Crippen molar-refractivity contribution >= 4 is 34.8 Å². The van der Waals surface area contributed by atoms with Gasteiger partial charge in [0.25, 0.3) is 0 Å². The number of rotatable bonds is 26. The molecule has 3 rings (SSSR count). The van der Waals surface area contributed by atoms with Crippen LogP contribution in [0.2, 0.25) is 0 Å². The van der Waals surface area contributed by atoms with Gasteiger partial charge in [-0.05, 0) is 76.2 Å². The van der Waals surface area contributed by atoms with Crippen LogP contribution in [0.1, 0.15) is 104 Å². The van der Waals surface area contributed by atoms with E-state index in [1.54, 1.807) is 32.4 Å². The zero-order chi connectivity index (χ0) is 43.8. The molecule has 2 N–H and O–H groups in total.